The Bertz CT molecular complexity index is 288. The van der Waals surface area contributed by atoms with Crippen LogP contribution in [0, 0.1) is 0 Å². The Labute approximate surface area is 96.7 Å². The quantitative estimate of drug-likeness (QED) is 0.786. The summed E-state index contributed by atoms with van der Waals surface area (Å²) in [5, 5.41) is 3.47. The van der Waals surface area contributed by atoms with E-state index in [1.807, 2.05) is 11.8 Å². The third-order valence-corrected chi connectivity index (χ3v) is 3.85. The van der Waals surface area contributed by atoms with Crippen LogP contribution in [-0.2, 0) is 0 Å². The second kappa shape index (κ2) is 5.57. The van der Waals surface area contributed by atoms with Crippen LogP contribution >= 0.6 is 11.8 Å². The highest BCUT2D eigenvalue weighted by Gasteiger charge is 2.14. The van der Waals surface area contributed by atoms with E-state index in [2.05, 4.69) is 36.5 Å². The van der Waals surface area contributed by atoms with Gasteiger partial charge in [0.15, 0.2) is 0 Å². The average molecular weight is 221 g/mol. The van der Waals surface area contributed by atoms with E-state index < -0.39 is 0 Å². The zero-order valence-corrected chi connectivity index (χ0v) is 10.1. The van der Waals surface area contributed by atoms with Gasteiger partial charge in [-0.3, -0.25) is 0 Å². The summed E-state index contributed by atoms with van der Waals surface area (Å²) in [6, 6.07) is 9.13. The third kappa shape index (κ3) is 2.99. The molecule has 82 valence electrons. The van der Waals surface area contributed by atoms with Gasteiger partial charge in [-0.2, -0.15) is 0 Å². The fraction of sp³-hybridized carbons (Fsp3) is 0.538. The second-order valence-corrected chi connectivity index (χ2v) is 5.38. The molecule has 2 rings (SSSR count). The molecule has 0 amide bonds. The molecule has 1 heterocycles. The molecule has 1 aliphatic heterocycles. The summed E-state index contributed by atoms with van der Waals surface area (Å²) in [6.07, 6.45) is 2.66. The lowest BCUT2D eigenvalue weighted by Crippen LogP contribution is -2.28. The van der Waals surface area contributed by atoms with Gasteiger partial charge in [0.05, 0.1) is 0 Å². The molecule has 0 radical (unpaired) electrons. The van der Waals surface area contributed by atoms with Crippen molar-refractivity contribution >= 4 is 11.8 Å². The maximum absolute atomic E-state index is 3.47. The van der Waals surface area contributed by atoms with E-state index in [1.165, 1.54) is 29.8 Å². The molecule has 1 aromatic rings. The Hall–Kier alpha value is -0.470. The summed E-state index contributed by atoms with van der Waals surface area (Å²) in [7, 11) is 0. The Balaban J connectivity index is 2.02. The molecule has 0 saturated carbocycles. The average Bonchev–Trinajstić information content (AvgIpc) is 2.32. The molecule has 1 saturated heterocycles. The summed E-state index contributed by atoms with van der Waals surface area (Å²) in [6.45, 7) is 4.55. The minimum absolute atomic E-state index is 0.736. The molecule has 15 heavy (non-hydrogen) atoms. The molecule has 0 aliphatic carbocycles. The van der Waals surface area contributed by atoms with Crippen molar-refractivity contribution in [2.45, 2.75) is 30.6 Å². The van der Waals surface area contributed by atoms with Crippen molar-refractivity contribution in [3.05, 3.63) is 29.8 Å². The van der Waals surface area contributed by atoms with Crippen LogP contribution in [0.4, 0.5) is 0 Å². The number of rotatable bonds is 3. The van der Waals surface area contributed by atoms with Gasteiger partial charge in [-0.05, 0) is 48.8 Å². The zero-order valence-electron chi connectivity index (χ0n) is 9.33. The lowest BCUT2D eigenvalue weighted by Gasteiger charge is -2.23. The molecule has 0 aromatic heterocycles. The zero-order chi connectivity index (χ0) is 10.5. The molecule has 1 aliphatic rings. The maximum Gasteiger partial charge on any atom is 0.00720 e. The first-order chi connectivity index (χ1) is 7.40. The molecule has 2 heteroatoms. The smallest absolute Gasteiger partial charge is 0.00720 e. The van der Waals surface area contributed by atoms with E-state index >= 15 is 0 Å². The molecule has 0 spiro atoms. The monoisotopic (exact) mass is 221 g/mol. The maximum atomic E-state index is 3.47. The van der Waals surface area contributed by atoms with E-state index in [1.54, 1.807) is 0 Å². The molecule has 0 bridgehead atoms. The third-order valence-electron chi connectivity index (χ3n) is 2.96. The van der Waals surface area contributed by atoms with Crippen molar-refractivity contribution < 1.29 is 0 Å². The SMILES string of the molecule is CCSc1ccc(C2CCCNC2)cc1. The largest absolute Gasteiger partial charge is 0.316 e. The van der Waals surface area contributed by atoms with E-state index in [0.29, 0.717) is 0 Å². The number of nitrogens with one attached hydrogen (secondary N) is 1. The Morgan fingerprint density at radius 3 is 2.73 bits per heavy atom. The standard InChI is InChI=1S/C13H19NS/c1-2-15-13-7-5-11(6-8-13)12-4-3-9-14-10-12/h5-8,12,14H,2-4,9-10H2,1H3. The van der Waals surface area contributed by atoms with Crippen molar-refractivity contribution in [3.63, 3.8) is 0 Å². The molecular formula is C13H19NS. The Morgan fingerprint density at radius 1 is 1.33 bits per heavy atom. The van der Waals surface area contributed by atoms with Gasteiger partial charge in [-0.15, -0.1) is 11.8 Å². The first kappa shape index (κ1) is 11.0. The van der Waals surface area contributed by atoms with Gasteiger partial charge in [-0.1, -0.05) is 19.1 Å². The van der Waals surface area contributed by atoms with Crippen molar-refractivity contribution in [1.82, 2.24) is 5.32 Å². The molecule has 1 N–H and O–H groups in total. The minimum Gasteiger partial charge on any atom is -0.316 e. The van der Waals surface area contributed by atoms with Crippen LogP contribution < -0.4 is 5.32 Å². The summed E-state index contributed by atoms with van der Waals surface area (Å²) >= 11 is 1.92. The Morgan fingerprint density at radius 2 is 2.13 bits per heavy atom. The van der Waals surface area contributed by atoms with Gasteiger partial charge in [0.1, 0.15) is 0 Å². The van der Waals surface area contributed by atoms with Gasteiger partial charge in [0.2, 0.25) is 0 Å². The number of benzene rings is 1. The van der Waals surface area contributed by atoms with E-state index in [9.17, 15) is 0 Å². The molecule has 1 unspecified atom stereocenters. The fourth-order valence-electron chi connectivity index (χ4n) is 2.14. The lowest BCUT2D eigenvalue weighted by atomic mass is 9.92. The van der Waals surface area contributed by atoms with Crippen LogP contribution in [-0.4, -0.2) is 18.8 Å². The Kier molecular flexibility index (Phi) is 4.09. The normalized spacial score (nSPS) is 21.5. The van der Waals surface area contributed by atoms with Gasteiger partial charge < -0.3 is 5.32 Å². The summed E-state index contributed by atoms with van der Waals surface area (Å²) in [5.74, 6) is 1.89. The minimum atomic E-state index is 0.736. The van der Waals surface area contributed by atoms with Crippen LogP contribution in [0.15, 0.2) is 29.2 Å². The molecule has 1 atom stereocenters. The van der Waals surface area contributed by atoms with E-state index in [0.717, 1.165) is 18.2 Å². The highest BCUT2D eigenvalue weighted by molar-refractivity contribution is 7.99. The predicted octanol–water partition coefficient (Wildman–Crippen LogP) is 3.27. The first-order valence-electron chi connectivity index (χ1n) is 5.83. The molecule has 1 fully saturated rings. The van der Waals surface area contributed by atoms with Crippen LogP contribution in [0.3, 0.4) is 0 Å². The number of thioether (sulfide) groups is 1. The number of hydrogen-bond donors (Lipinski definition) is 1. The highest BCUT2D eigenvalue weighted by atomic mass is 32.2. The van der Waals surface area contributed by atoms with Crippen molar-refractivity contribution in [3.8, 4) is 0 Å². The second-order valence-electron chi connectivity index (χ2n) is 4.05. The van der Waals surface area contributed by atoms with Crippen LogP contribution in [0.2, 0.25) is 0 Å². The van der Waals surface area contributed by atoms with Crippen LogP contribution in [0.25, 0.3) is 0 Å². The molecule has 1 nitrogen and oxygen atoms in total. The molecule has 1 aromatic carbocycles. The van der Waals surface area contributed by atoms with E-state index in [-0.39, 0.29) is 0 Å². The van der Waals surface area contributed by atoms with Gasteiger partial charge in [0.25, 0.3) is 0 Å². The number of piperidine rings is 1. The van der Waals surface area contributed by atoms with E-state index in [4.69, 9.17) is 0 Å². The summed E-state index contributed by atoms with van der Waals surface area (Å²) in [5.41, 5.74) is 1.50. The predicted molar refractivity (Wildman–Crippen MR) is 67.7 cm³/mol. The van der Waals surface area contributed by atoms with Crippen LogP contribution in [0.5, 0.6) is 0 Å². The van der Waals surface area contributed by atoms with Gasteiger partial charge in [-0.25, -0.2) is 0 Å². The van der Waals surface area contributed by atoms with Crippen molar-refractivity contribution in [2.24, 2.45) is 0 Å². The lowest BCUT2D eigenvalue weighted by molar-refractivity contribution is 0.461. The highest BCUT2D eigenvalue weighted by Crippen LogP contribution is 2.25. The van der Waals surface area contributed by atoms with Crippen LogP contribution in [0.1, 0.15) is 31.2 Å². The fourth-order valence-corrected chi connectivity index (χ4v) is 2.80. The molecular weight excluding hydrogens is 202 g/mol. The van der Waals surface area contributed by atoms with Crippen molar-refractivity contribution in [2.75, 3.05) is 18.8 Å². The van der Waals surface area contributed by atoms with Gasteiger partial charge >= 0.3 is 0 Å². The number of hydrogen-bond acceptors (Lipinski definition) is 2. The topological polar surface area (TPSA) is 12.0 Å². The summed E-state index contributed by atoms with van der Waals surface area (Å²) in [4.78, 5) is 1.39. The van der Waals surface area contributed by atoms with Crippen molar-refractivity contribution in [1.29, 1.82) is 0 Å². The van der Waals surface area contributed by atoms with Gasteiger partial charge in [0, 0.05) is 11.4 Å². The first-order valence-corrected chi connectivity index (χ1v) is 6.82. The summed E-state index contributed by atoms with van der Waals surface area (Å²) < 4.78 is 0.